The zero-order valence-electron chi connectivity index (χ0n) is 24.3. The number of aromatic nitrogens is 2. The first-order chi connectivity index (χ1) is 21.0. The largest absolute Gasteiger partial charge is 0.456 e. The fourth-order valence-corrected chi connectivity index (χ4v) is 6.00. The maximum absolute atomic E-state index is 13.3. The van der Waals surface area contributed by atoms with Crippen molar-refractivity contribution in [2.75, 3.05) is 6.61 Å². The van der Waals surface area contributed by atoms with Gasteiger partial charge in [-0.1, -0.05) is 36.4 Å². The van der Waals surface area contributed by atoms with Gasteiger partial charge in [-0.3, -0.25) is 14.4 Å². The second-order valence-electron chi connectivity index (χ2n) is 10.6. The van der Waals surface area contributed by atoms with Crippen LogP contribution in [0, 0.1) is 0 Å². The zero-order valence-corrected chi connectivity index (χ0v) is 24.3. The van der Waals surface area contributed by atoms with Crippen LogP contribution in [0.1, 0.15) is 38.1 Å². The molecule has 4 heterocycles. The lowest BCUT2D eigenvalue weighted by molar-refractivity contribution is -0.239. The van der Waals surface area contributed by atoms with Crippen LogP contribution < -0.4 is 0 Å². The summed E-state index contributed by atoms with van der Waals surface area (Å²) in [5, 5.41) is 1.35. The number of hydrogen-bond acceptors (Lipinski definition) is 10. The van der Waals surface area contributed by atoms with Gasteiger partial charge in [0.2, 0.25) is 0 Å². The minimum Gasteiger partial charge on any atom is -0.456 e. The van der Waals surface area contributed by atoms with Crippen molar-refractivity contribution in [3.8, 4) is 0 Å². The van der Waals surface area contributed by atoms with Crippen LogP contribution in [0.5, 0.6) is 0 Å². The van der Waals surface area contributed by atoms with E-state index in [1.54, 1.807) is 41.2 Å². The lowest BCUT2D eigenvalue weighted by Gasteiger charge is -2.41. The van der Waals surface area contributed by atoms with Crippen LogP contribution in [-0.4, -0.2) is 63.9 Å². The number of esters is 5. The van der Waals surface area contributed by atoms with Crippen molar-refractivity contribution < 1.29 is 47.7 Å². The summed E-state index contributed by atoms with van der Waals surface area (Å²) in [6.45, 7) is 3.39. The molecule has 2 aromatic carbocycles. The number of para-hydroxylation sites is 2. The van der Waals surface area contributed by atoms with Crippen molar-refractivity contribution in [2.24, 2.45) is 7.05 Å². The van der Waals surface area contributed by atoms with E-state index in [1.165, 1.54) is 20.8 Å². The van der Waals surface area contributed by atoms with Crippen LogP contribution >= 0.6 is 0 Å². The van der Waals surface area contributed by atoms with E-state index in [2.05, 4.69) is 0 Å². The second kappa shape index (κ2) is 11.1. The van der Waals surface area contributed by atoms with E-state index in [0.717, 1.165) is 10.9 Å². The van der Waals surface area contributed by atoms with Gasteiger partial charge in [-0.25, -0.2) is 9.59 Å². The summed E-state index contributed by atoms with van der Waals surface area (Å²) in [6, 6.07) is 14.6. The van der Waals surface area contributed by atoms with Crippen LogP contribution in [0.4, 0.5) is 0 Å². The van der Waals surface area contributed by atoms with E-state index in [0.29, 0.717) is 22.0 Å². The molecule has 4 aromatic rings. The minimum absolute atomic E-state index is 0.0653. The first kappa shape index (κ1) is 28.9. The summed E-state index contributed by atoms with van der Waals surface area (Å²) < 4.78 is 31.3. The predicted molar refractivity (Wildman–Crippen MR) is 154 cm³/mol. The second-order valence-corrected chi connectivity index (χ2v) is 10.6. The average Bonchev–Trinajstić information content (AvgIpc) is 3.60. The van der Waals surface area contributed by atoms with Crippen LogP contribution in [0.25, 0.3) is 33.0 Å². The molecule has 44 heavy (non-hydrogen) atoms. The number of carbonyl (C=O) groups is 5. The Morgan fingerprint density at radius 2 is 1.25 bits per heavy atom. The number of cyclic esters (lactones) is 2. The Kier molecular flexibility index (Phi) is 7.30. The highest BCUT2D eigenvalue weighted by molar-refractivity contribution is 6.46. The molecule has 0 N–H and O–H groups in total. The monoisotopic (exact) mass is 600 g/mol. The van der Waals surface area contributed by atoms with Gasteiger partial charge < -0.3 is 32.8 Å². The molecule has 4 atom stereocenters. The number of fused-ring (bicyclic) bond motifs is 2. The lowest BCUT2D eigenvalue weighted by Crippen LogP contribution is -2.55. The molecule has 12 heteroatoms. The summed E-state index contributed by atoms with van der Waals surface area (Å²) in [4.78, 5) is 62.8. The van der Waals surface area contributed by atoms with Gasteiger partial charge in [-0.05, 0) is 12.1 Å². The van der Waals surface area contributed by atoms with E-state index in [-0.39, 0.29) is 17.8 Å². The number of rotatable bonds is 6. The summed E-state index contributed by atoms with van der Waals surface area (Å²) in [5.41, 5.74) is 2.53. The van der Waals surface area contributed by atoms with Gasteiger partial charge in [0.15, 0.2) is 24.5 Å². The summed E-state index contributed by atoms with van der Waals surface area (Å²) in [5.74, 6) is -3.59. The number of nitrogens with zero attached hydrogens (tertiary/aromatic N) is 2. The van der Waals surface area contributed by atoms with Crippen LogP contribution in [0.15, 0.2) is 60.9 Å². The van der Waals surface area contributed by atoms with Crippen LogP contribution in [-0.2, 0) is 54.7 Å². The highest BCUT2D eigenvalue weighted by atomic mass is 16.6. The SMILES string of the molecule is CC(=O)OC1COC(n2cc(C3=C(c4cn(C)c5ccccc45)C(=O)OC3=O)c3ccccc32)C(OC(C)=O)C1OC(C)=O. The molecule has 226 valence electrons. The Morgan fingerprint density at radius 3 is 1.86 bits per heavy atom. The first-order valence-electron chi connectivity index (χ1n) is 13.8. The van der Waals surface area contributed by atoms with Crippen LogP contribution in [0.2, 0.25) is 0 Å². The highest BCUT2D eigenvalue weighted by Gasteiger charge is 2.48. The van der Waals surface area contributed by atoms with E-state index in [9.17, 15) is 24.0 Å². The smallest absolute Gasteiger partial charge is 0.347 e. The topological polar surface area (TPSA) is 141 Å². The number of ether oxygens (including phenoxy) is 5. The average molecular weight is 601 g/mol. The standard InChI is InChI=1S/C32H28N2O10/c1-16(35)41-25-15-40-30(29(43-18(3)37)28(25)42-17(2)36)34-14-22(20-10-6-8-12-24(20)34)27-26(31(38)44-32(27)39)21-13-33(4)23-11-7-5-9-19(21)23/h5-14,25,28-30H,15H2,1-4H3. The van der Waals surface area contributed by atoms with Gasteiger partial charge in [0.25, 0.3) is 0 Å². The Morgan fingerprint density at radius 1 is 0.727 bits per heavy atom. The molecule has 12 nitrogen and oxygen atoms in total. The lowest BCUT2D eigenvalue weighted by atomic mass is 9.95. The third kappa shape index (κ3) is 4.92. The molecular formula is C32H28N2O10. The van der Waals surface area contributed by atoms with Crippen molar-refractivity contribution in [3.63, 3.8) is 0 Å². The third-order valence-electron chi connectivity index (χ3n) is 7.62. The van der Waals surface area contributed by atoms with Gasteiger partial charge >= 0.3 is 29.8 Å². The van der Waals surface area contributed by atoms with Gasteiger partial charge in [-0.15, -0.1) is 0 Å². The van der Waals surface area contributed by atoms with E-state index in [4.69, 9.17) is 23.7 Å². The number of benzene rings is 2. The highest BCUT2D eigenvalue weighted by Crippen LogP contribution is 2.42. The Bertz CT molecular complexity index is 1900. The van der Waals surface area contributed by atoms with E-state index < -0.39 is 54.4 Å². The van der Waals surface area contributed by atoms with E-state index >= 15 is 0 Å². The maximum atomic E-state index is 13.3. The van der Waals surface area contributed by atoms with Gasteiger partial charge in [0.05, 0.1) is 23.3 Å². The van der Waals surface area contributed by atoms with Gasteiger partial charge in [0.1, 0.15) is 0 Å². The molecule has 1 fully saturated rings. The zero-order chi connectivity index (χ0) is 31.3. The Hall–Kier alpha value is -5.23. The molecule has 0 spiro atoms. The number of carbonyl (C=O) groups excluding carboxylic acids is 5. The normalized spacial score (nSPS) is 21.9. The molecule has 0 saturated carbocycles. The summed E-state index contributed by atoms with van der Waals surface area (Å²) >= 11 is 0. The van der Waals surface area contributed by atoms with Crippen molar-refractivity contribution >= 4 is 62.8 Å². The number of hydrogen-bond donors (Lipinski definition) is 0. The molecule has 0 radical (unpaired) electrons. The molecule has 0 amide bonds. The Balaban J connectivity index is 1.54. The maximum Gasteiger partial charge on any atom is 0.347 e. The quantitative estimate of drug-likeness (QED) is 0.184. The predicted octanol–water partition coefficient (Wildman–Crippen LogP) is 3.45. The minimum atomic E-state index is -1.25. The molecule has 2 aliphatic heterocycles. The van der Waals surface area contributed by atoms with Crippen LogP contribution in [0.3, 0.4) is 0 Å². The summed E-state index contributed by atoms with van der Waals surface area (Å²) in [7, 11) is 1.85. The molecular weight excluding hydrogens is 572 g/mol. The van der Waals surface area contributed by atoms with Gasteiger partial charge in [0, 0.05) is 67.6 Å². The molecule has 6 rings (SSSR count). The molecule has 2 aliphatic rings. The molecule has 0 bridgehead atoms. The fraction of sp³-hybridized carbons (Fsp3) is 0.281. The molecule has 4 unspecified atom stereocenters. The van der Waals surface area contributed by atoms with Crippen molar-refractivity contribution in [1.29, 1.82) is 0 Å². The van der Waals surface area contributed by atoms with E-state index in [1.807, 2.05) is 35.9 Å². The Labute approximate surface area is 250 Å². The fourth-order valence-electron chi connectivity index (χ4n) is 6.00. The van der Waals surface area contributed by atoms with Crippen molar-refractivity contribution in [3.05, 3.63) is 72.1 Å². The third-order valence-corrected chi connectivity index (χ3v) is 7.62. The number of aryl methyl sites for hydroxylation is 1. The molecule has 2 aromatic heterocycles. The van der Waals surface area contributed by atoms with Gasteiger partial charge in [-0.2, -0.15) is 0 Å². The molecule has 1 saturated heterocycles. The first-order valence-corrected chi connectivity index (χ1v) is 13.8. The summed E-state index contributed by atoms with van der Waals surface area (Å²) in [6.07, 6.45) is -1.19. The van der Waals surface area contributed by atoms with Crippen molar-refractivity contribution in [2.45, 2.75) is 45.3 Å². The van der Waals surface area contributed by atoms with Crippen molar-refractivity contribution in [1.82, 2.24) is 9.13 Å². The molecule has 0 aliphatic carbocycles.